The fraction of sp³-hybridized carbons (Fsp3) is 0.486. The van der Waals surface area contributed by atoms with Gasteiger partial charge in [0.1, 0.15) is 28.9 Å². The first kappa shape index (κ1) is 38.0. The third-order valence-corrected chi connectivity index (χ3v) is 9.26. The monoisotopic (exact) mass is 714 g/mol. The normalized spacial score (nSPS) is 16.6. The lowest BCUT2D eigenvalue weighted by molar-refractivity contribution is 0.0478. The first-order chi connectivity index (χ1) is 24.2. The Hall–Kier alpha value is -4.27. The Bertz CT molecular complexity index is 1960. The maximum Gasteiger partial charge on any atom is 0.407 e. The number of halogens is 4. The zero-order valence-electron chi connectivity index (χ0n) is 29.3. The number of carbonyl (C=O) groups is 1. The van der Waals surface area contributed by atoms with Gasteiger partial charge in [0.25, 0.3) is 11.1 Å². The average Bonchev–Trinajstić information content (AvgIpc) is 3.04. The van der Waals surface area contributed by atoms with Gasteiger partial charge in [-0.15, -0.1) is 0 Å². The van der Waals surface area contributed by atoms with Gasteiger partial charge >= 0.3 is 6.09 Å². The number of alkyl carbamates (subject to hydrolysis) is 1. The highest BCUT2D eigenvalue weighted by molar-refractivity contribution is 5.80. The van der Waals surface area contributed by atoms with Crippen molar-refractivity contribution in [3.8, 4) is 0 Å². The maximum atomic E-state index is 14.0. The summed E-state index contributed by atoms with van der Waals surface area (Å²) in [5, 5.41) is 3.38. The third-order valence-electron chi connectivity index (χ3n) is 9.26. The number of pyridine rings is 2. The van der Waals surface area contributed by atoms with E-state index in [4.69, 9.17) is 10.5 Å². The Morgan fingerprint density at radius 2 is 1.16 bits per heavy atom. The molecule has 0 aliphatic carbocycles. The summed E-state index contributed by atoms with van der Waals surface area (Å²) in [5.41, 5.74) is 5.37. The van der Waals surface area contributed by atoms with Crippen molar-refractivity contribution in [2.45, 2.75) is 77.2 Å². The smallest absolute Gasteiger partial charge is 0.407 e. The van der Waals surface area contributed by atoms with Crippen molar-refractivity contribution < 1.29 is 27.1 Å². The summed E-state index contributed by atoms with van der Waals surface area (Å²) in [6, 6.07) is 9.78. The van der Waals surface area contributed by atoms with Gasteiger partial charge in [0.2, 0.25) is 0 Å². The lowest BCUT2D eigenvalue weighted by Crippen LogP contribution is -2.46. The molecule has 0 bridgehead atoms. The van der Waals surface area contributed by atoms with E-state index in [0.717, 1.165) is 64.0 Å². The lowest BCUT2D eigenvalue weighted by atomic mass is 10.1. The minimum atomic E-state index is -0.705. The molecule has 2 aromatic carbocycles. The molecule has 2 aromatic heterocycles. The number of rotatable bonds is 7. The van der Waals surface area contributed by atoms with E-state index in [0.29, 0.717) is 31.7 Å². The number of likely N-dealkylation sites (tertiary alicyclic amines) is 2. The van der Waals surface area contributed by atoms with E-state index < -0.39 is 35.0 Å². The number of hydrogen-bond donors (Lipinski definition) is 2. The first-order valence-corrected chi connectivity index (χ1v) is 17.3. The van der Waals surface area contributed by atoms with Crippen LogP contribution < -0.4 is 22.2 Å². The van der Waals surface area contributed by atoms with Gasteiger partial charge in [0, 0.05) is 86.4 Å². The molecule has 276 valence electrons. The van der Waals surface area contributed by atoms with Crippen molar-refractivity contribution in [1.29, 1.82) is 0 Å². The van der Waals surface area contributed by atoms with E-state index >= 15 is 0 Å². The van der Waals surface area contributed by atoms with Gasteiger partial charge in [-0.05, 0) is 83.8 Å². The van der Waals surface area contributed by atoms with Crippen LogP contribution in [0.2, 0.25) is 0 Å². The Balaban J connectivity index is 0.000000205. The summed E-state index contributed by atoms with van der Waals surface area (Å²) >= 11 is 0. The molecule has 0 unspecified atom stereocenters. The van der Waals surface area contributed by atoms with E-state index in [1.165, 1.54) is 45.5 Å². The molecule has 4 aromatic rings. The largest absolute Gasteiger partial charge is 0.444 e. The topological polar surface area (TPSA) is 115 Å². The van der Waals surface area contributed by atoms with Crippen LogP contribution in [0.5, 0.6) is 0 Å². The molecule has 0 saturated carbocycles. The maximum absolute atomic E-state index is 14.0. The molecule has 14 heteroatoms. The SMILES string of the molecule is CC(C)(C)OC(=O)NC1CCN(CCn2c(=O)ccc3c(F)cc(F)cc32)CC1.NC1CCN(CCn2c(=O)ccc3c(F)cc(F)cc32)CC1. The second-order valence-electron chi connectivity index (χ2n) is 14.2. The Morgan fingerprint density at radius 3 is 1.59 bits per heavy atom. The van der Waals surface area contributed by atoms with Gasteiger partial charge in [-0.3, -0.25) is 9.59 Å². The number of aromatic nitrogens is 2. The van der Waals surface area contributed by atoms with Crippen LogP contribution in [0.3, 0.4) is 0 Å². The van der Waals surface area contributed by atoms with Crippen LogP contribution in [0.25, 0.3) is 21.8 Å². The van der Waals surface area contributed by atoms with E-state index in [9.17, 15) is 31.9 Å². The second kappa shape index (κ2) is 16.4. The van der Waals surface area contributed by atoms with Crippen LogP contribution in [-0.2, 0) is 17.8 Å². The van der Waals surface area contributed by atoms with E-state index in [2.05, 4.69) is 15.1 Å². The number of piperidine rings is 2. The zero-order chi connectivity index (χ0) is 36.9. The van der Waals surface area contributed by atoms with Gasteiger partial charge in [-0.1, -0.05) is 0 Å². The number of carbonyl (C=O) groups excluding carboxylic acids is 1. The fourth-order valence-electron chi connectivity index (χ4n) is 6.54. The number of ether oxygens (including phenoxy) is 1. The van der Waals surface area contributed by atoms with Crippen LogP contribution >= 0.6 is 0 Å². The second-order valence-corrected chi connectivity index (χ2v) is 14.2. The number of nitrogens with two attached hydrogens (primary N) is 1. The molecular formula is C37H46F4N6O4. The standard InChI is InChI=1S/C21H27F2N3O3.C16H19F2N3O/c1-21(2,3)29-20(28)24-15-6-8-25(9-7-15)10-11-26-18-13-14(22)12-17(23)16(18)4-5-19(26)27;17-11-9-14(18)13-1-2-16(22)21(15(13)10-11)8-7-20-5-3-12(19)4-6-20/h4-5,12-13,15H,6-11H2,1-3H3,(H,24,28);1-2,9-10,12H,3-8,19H2. The van der Waals surface area contributed by atoms with Gasteiger partial charge < -0.3 is 34.7 Å². The van der Waals surface area contributed by atoms with Crippen molar-refractivity contribution in [2.24, 2.45) is 5.73 Å². The average molecular weight is 715 g/mol. The van der Waals surface area contributed by atoms with Crippen LogP contribution in [0.4, 0.5) is 22.4 Å². The van der Waals surface area contributed by atoms with Crippen LogP contribution in [0.1, 0.15) is 46.5 Å². The third kappa shape index (κ3) is 10.2. The van der Waals surface area contributed by atoms with E-state index in [-0.39, 0.29) is 39.5 Å². The summed E-state index contributed by atoms with van der Waals surface area (Å²) in [5.74, 6) is -2.70. The molecule has 6 rings (SSSR count). The summed E-state index contributed by atoms with van der Waals surface area (Å²) in [4.78, 5) is 40.6. The van der Waals surface area contributed by atoms with Gasteiger partial charge in [-0.25, -0.2) is 22.4 Å². The highest BCUT2D eigenvalue weighted by Crippen LogP contribution is 2.20. The van der Waals surface area contributed by atoms with Gasteiger partial charge in [0.05, 0.1) is 11.0 Å². The van der Waals surface area contributed by atoms with Crippen LogP contribution in [0.15, 0.2) is 58.1 Å². The molecule has 4 heterocycles. The molecule has 10 nitrogen and oxygen atoms in total. The number of benzene rings is 2. The number of nitrogens with one attached hydrogen (secondary N) is 1. The van der Waals surface area contributed by atoms with Gasteiger partial charge in [0.15, 0.2) is 0 Å². The minimum absolute atomic E-state index is 0.0459. The molecule has 2 saturated heterocycles. The molecule has 0 atom stereocenters. The predicted octanol–water partition coefficient (Wildman–Crippen LogP) is 4.97. The van der Waals surface area contributed by atoms with Crippen LogP contribution in [0, 0.1) is 23.3 Å². The highest BCUT2D eigenvalue weighted by atomic mass is 19.1. The quantitative estimate of drug-likeness (QED) is 0.260. The molecule has 3 N–H and O–H groups in total. The van der Waals surface area contributed by atoms with Crippen molar-refractivity contribution in [3.63, 3.8) is 0 Å². The molecule has 1 amide bonds. The lowest BCUT2D eigenvalue weighted by Gasteiger charge is -2.33. The summed E-state index contributed by atoms with van der Waals surface area (Å²) in [6.07, 6.45) is 3.00. The number of nitrogens with zero attached hydrogens (tertiary/aromatic N) is 4. The highest BCUT2D eigenvalue weighted by Gasteiger charge is 2.24. The summed E-state index contributed by atoms with van der Waals surface area (Å²) in [7, 11) is 0. The molecule has 2 fully saturated rings. The molecular weight excluding hydrogens is 668 g/mol. The number of amides is 1. The molecule has 2 aliphatic heterocycles. The fourth-order valence-corrected chi connectivity index (χ4v) is 6.54. The molecule has 0 radical (unpaired) electrons. The van der Waals surface area contributed by atoms with Crippen molar-refractivity contribution in [3.05, 3.63) is 92.5 Å². The van der Waals surface area contributed by atoms with E-state index in [1.54, 1.807) is 0 Å². The first-order valence-electron chi connectivity index (χ1n) is 17.3. The Kier molecular flexibility index (Phi) is 12.2. The summed E-state index contributed by atoms with van der Waals surface area (Å²) < 4.78 is 63.1. The van der Waals surface area contributed by atoms with Crippen molar-refractivity contribution in [2.75, 3.05) is 39.3 Å². The molecule has 0 spiro atoms. The molecule has 2 aliphatic rings. The zero-order valence-corrected chi connectivity index (χ0v) is 29.3. The molecule has 51 heavy (non-hydrogen) atoms. The number of fused-ring (bicyclic) bond motifs is 2. The van der Waals surface area contributed by atoms with Crippen molar-refractivity contribution in [1.82, 2.24) is 24.3 Å². The number of hydrogen-bond acceptors (Lipinski definition) is 7. The summed E-state index contributed by atoms with van der Waals surface area (Å²) in [6.45, 7) is 10.8. The van der Waals surface area contributed by atoms with Gasteiger partial charge in [-0.2, -0.15) is 0 Å². The van der Waals surface area contributed by atoms with Crippen LogP contribution in [-0.4, -0.2) is 82.0 Å². The minimum Gasteiger partial charge on any atom is -0.444 e. The van der Waals surface area contributed by atoms with Crippen molar-refractivity contribution >= 4 is 27.9 Å². The Morgan fingerprint density at radius 1 is 0.725 bits per heavy atom. The Labute approximate surface area is 293 Å². The predicted molar refractivity (Wildman–Crippen MR) is 189 cm³/mol. The van der Waals surface area contributed by atoms with E-state index in [1.807, 2.05) is 20.8 Å².